The van der Waals surface area contributed by atoms with Crippen molar-refractivity contribution in [3.8, 4) is 0 Å². The van der Waals surface area contributed by atoms with Crippen molar-refractivity contribution in [3.05, 3.63) is 35.9 Å². The van der Waals surface area contributed by atoms with Crippen molar-refractivity contribution < 1.29 is 4.79 Å². The van der Waals surface area contributed by atoms with Crippen LogP contribution in [0.1, 0.15) is 56.9 Å². The minimum Gasteiger partial charge on any atom is -0.342 e. The highest BCUT2D eigenvalue weighted by Crippen LogP contribution is 2.37. The zero-order valence-corrected chi connectivity index (χ0v) is 14.3. The van der Waals surface area contributed by atoms with Crippen molar-refractivity contribution in [2.75, 3.05) is 13.1 Å². The third-order valence-corrected chi connectivity index (χ3v) is 5.86. The predicted octanol–water partition coefficient (Wildman–Crippen LogP) is 3.55. The second kappa shape index (κ2) is 7.48. The summed E-state index contributed by atoms with van der Waals surface area (Å²) in [6.07, 6.45) is 6.64. The molecule has 1 aromatic rings. The number of hydrogen-bond donors (Lipinski definition) is 1. The summed E-state index contributed by atoms with van der Waals surface area (Å²) in [5.41, 5.74) is 7.49. The van der Waals surface area contributed by atoms with E-state index in [0.717, 1.165) is 45.2 Å². The fourth-order valence-corrected chi connectivity index (χ4v) is 4.30. The molecule has 0 bridgehead atoms. The third-order valence-electron chi connectivity index (χ3n) is 5.86. The summed E-state index contributed by atoms with van der Waals surface area (Å²) >= 11 is 0. The minimum atomic E-state index is 0.194. The number of nitrogens with two attached hydrogens (primary N) is 1. The number of likely N-dealkylation sites (tertiary alicyclic amines) is 1. The first-order valence-electron chi connectivity index (χ1n) is 9.24. The molecule has 2 atom stereocenters. The van der Waals surface area contributed by atoms with Crippen molar-refractivity contribution in [1.29, 1.82) is 0 Å². The number of rotatable bonds is 3. The van der Waals surface area contributed by atoms with Crippen LogP contribution >= 0.6 is 0 Å². The summed E-state index contributed by atoms with van der Waals surface area (Å²) in [6, 6.07) is 11.0. The molecule has 3 heteroatoms. The lowest BCUT2D eigenvalue weighted by atomic mass is 9.78. The van der Waals surface area contributed by atoms with E-state index in [-0.39, 0.29) is 12.0 Å². The molecule has 126 valence electrons. The molecule has 3 nitrogen and oxygen atoms in total. The SMILES string of the molecule is CC(N)C1CCCN(C(=O)C2CCC(c3ccccc3)CC2)C1. The molecule has 1 heterocycles. The monoisotopic (exact) mass is 314 g/mol. The van der Waals surface area contributed by atoms with E-state index in [1.807, 2.05) is 0 Å². The van der Waals surface area contributed by atoms with Gasteiger partial charge in [-0.3, -0.25) is 4.79 Å². The molecule has 1 saturated heterocycles. The number of amides is 1. The van der Waals surface area contributed by atoms with Crippen LogP contribution in [0.15, 0.2) is 30.3 Å². The van der Waals surface area contributed by atoms with Crippen LogP contribution in [0.4, 0.5) is 0 Å². The summed E-state index contributed by atoms with van der Waals surface area (Å²) in [4.78, 5) is 15.0. The molecule has 1 amide bonds. The van der Waals surface area contributed by atoms with E-state index < -0.39 is 0 Å². The van der Waals surface area contributed by atoms with Crippen LogP contribution in [0.5, 0.6) is 0 Å². The summed E-state index contributed by atoms with van der Waals surface area (Å²) in [5, 5.41) is 0. The van der Waals surface area contributed by atoms with Gasteiger partial charge in [0.1, 0.15) is 0 Å². The lowest BCUT2D eigenvalue weighted by Gasteiger charge is -2.38. The van der Waals surface area contributed by atoms with E-state index in [2.05, 4.69) is 42.2 Å². The van der Waals surface area contributed by atoms with Gasteiger partial charge in [0.15, 0.2) is 0 Å². The van der Waals surface area contributed by atoms with Crippen molar-refractivity contribution >= 4 is 5.91 Å². The second-order valence-corrected chi connectivity index (χ2v) is 7.50. The average molecular weight is 314 g/mol. The van der Waals surface area contributed by atoms with Crippen LogP contribution in [0.2, 0.25) is 0 Å². The highest BCUT2D eigenvalue weighted by Gasteiger charge is 2.32. The van der Waals surface area contributed by atoms with Gasteiger partial charge >= 0.3 is 0 Å². The second-order valence-electron chi connectivity index (χ2n) is 7.50. The Labute approximate surface area is 140 Å². The molecule has 1 aromatic carbocycles. The van der Waals surface area contributed by atoms with Crippen LogP contribution in [-0.4, -0.2) is 29.9 Å². The maximum atomic E-state index is 12.8. The van der Waals surface area contributed by atoms with Gasteiger partial charge in [0.25, 0.3) is 0 Å². The van der Waals surface area contributed by atoms with Crippen molar-refractivity contribution in [2.45, 2.75) is 57.4 Å². The van der Waals surface area contributed by atoms with Gasteiger partial charge in [-0.1, -0.05) is 30.3 Å². The Balaban J connectivity index is 1.54. The largest absolute Gasteiger partial charge is 0.342 e. The summed E-state index contributed by atoms with van der Waals surface area (Å²) in [5.74, 6) is 1.75. The number of carbonyl (C=O) groups excluding carboxylic acids is 1. The van der Waals surface area contributed by atoms with Gasteiger partial charge in [-0.15, -0.1) is 0 Å². The number of benzene rings is 1. The lowest BCUT2D eigenvalue weighted by Crippen LogP contribution is -2.47. The molecule has 1 saturated carbocycles. The van der Waals surface area contributed by atoms with Gasteiger partial charge in [-0.05, 0) is 62.8 Å². The summed E-state index contributed by atoms with van der Waals surface area (Å²) in [7, 11) is 0. The molecule has 0 spiro atoms. The molecule has 2 unspecified atom stereocenters. The topological polar surface area (TPSA) is 46.3 Å². The van der Waals surface area contributed by atoms with Crippen LogP contribution in [0.25, 0.3) is 0 Å². The van der Waals surface area contributed by atoms with Crippen LogP contribution in [-0.2, 0) is 4.79 Å². The highest BCUT2D eigenvalue weighted by molar-refractivity contribution is 5.79. The predicted molar refractivity (Wildman–Crippen MR) is 94.1 cm³/mol. The fraction of sp³-hybridized carbons (Fsp3) is 0.650. The summed E-state index contributed by atoms with van der Waals surface area (Å²) in [6.45, 7) is 3.87. The standard InChI is InChI=1S/C20H30N2O/c1-15(21)19-8-5-13-22(14-19)20(23)18-11-9-17(10-12-18)16-6-3-2-4-7-16/h2-4,6-7,15,17-19H,5,8-14,21H2,1H3. The van der Waals surface area contributed by atoms with Crippen LogP contribution in [0, 0.1) is 11.8 Å². The quantitative estimate of drug-likeness (QED) is 0.927. The first kappa shape index (κ1) is 16.5. The molecule has 2 N–H and O–H groups in total. The molecular formula is C20H30N2O. The van der Waals surface area contributed by atoms with E-state index in [9.17, 15) is 4.79 Å². The van der Waals surface area contributed by atoms with E-state index in [4.69, 9.17) is 5.73 Å². The maximum absolute atomic E-state index is 12.8. The Morgan fingerprint density at radius 1 is 1.13 bits per heavy atom. The molecule has 1 aliphatic carbocycles. The third kappa shape index (κ3) is 3.95. The van der Waals surface area contributed by atoms with Gasteiger partial charge in [0.2, 0.25) is 5.91 Å². The fourth-order valence-electron chi connectivity index (χ4n) is 4.30. The first-order valence-corrected chi connectivity index (χ1v) is 9.24. The van der Waals surface area contributed by atoms with E-state index in [1.165, 1.54) is 12.0 Å². The van der Waals surface area contributed by atoms with Crippen LogP contribution in [0.3, 0.4) is 0 Å². The summed E-state index contributed by atoms with van der Waals surface area (Å²) < 4.78 is 0. The first-order chi connectivity index (χ1) is 11.1. The van der Waals surface area contributed by atoms with Gasteiger partial charge in [-0.2, -0.15) is 0 Å². The minimum absolute atomic E-state index is 0.194. The molecule has 0 aromatic heterocycles. The molecule has 23 heavy (non-hydrogen) atoms. The van der Waals surface area contributed by atoms with Gasteiger partial charge in [-0.25, -0.2) is 0 Å². The Morgan fingerprint density at radius 2 is 1.83 bits per heavy atom. The Hall–Kier alpha value is -1.35. The normalized spacial score (nSPS) is 30.0. The Kier molecular flexibility index (Phi) is 5.37. The van der Waals surface area contributed by atoms with E-state index in [1.54, 1.807) is 0 Å². The Morgan fingerprint density at radius 3 is 2.48 bits per heavy atom. The molecule has 2 fully saturated rings. The van der Waals surface area contributed by atoms with Crippen LogP contribution < -0.4 is 5.73 Å². The van der Waals surface area contributed by atoms with Crippen molar-refractivity contribution in [1.82, 2.24) is 4.90 Å². The van der Waals surface area contributed by atoms with E-state index >= 15 is 0 Å². The van der Waals surface area contributed by atoms with E-state index in [0.29, 0.717) is 17.7 Å². The zero-order chi connectivity index (χ0) is 16.2. The number of carbonyl (C=O) groups is 1. The molecule has 0 radical (unpaired) electrons. The Bertz CT molecular complexity index is 506. The average Bonchev–Trinajstić information content (AvgIpc) is 2.62. The van der Waals surface area contributed by atoms with Crippen molar-refractivity contribution in [3.63, 3.8) is 0 Å². The highest BCUT2D eigenvalue weighted by atomic mass is 16.2. The van der Waals surface area contributed by atoms with Gasteiger partial charge < -0.3 is 10.6 Å². The van der Waals surface area contributed by atoms with Gasteiger partial charge in [0.05, 0.1) is 0 Å². The number of nitrogens with zero attached hydrogens (tertiary/aromatic N) is 1. The number of hydrogen-bond acceptors (Lipinski definition) is 2. The molecular weight excluding hydrogens is 284 g/mol. The molecule has 2 aliphatic rings. The lowest BCUT2D eigenvalue weighted by molar-refractivity contribution is -0.138. The maximum Gasteiger partial charge on any atom is 0.225 e. The molecule has 3 rings (SSSR count). The number of piperidine rings is 1. The van der Waals surface area contributed by atoms with Crippen molar-refractivity contribution in [2.24, 2.45) is 17.6 Å². The molecule has 1 aliphatic heterocycles. The zero-order valence-electron chi connectivity index (χ0n) is 14.3. The van der Waals surface area contributed by atoms with Gasteiger partial charge in [0, 0.05) is 25.0 Å². The smallest absolute Gasteiger partial charge is 0.225 e.